The maximum atomic E-state index is 15.0. The molecule has 2 aromatic heterocycles. The Morgan fingerprint density at radius 2 is 1.64 bits per heavy atom. The van der Waals surface area contributed by atoms with E-state index in [1.807, 2.05) is 0 Å². The summed E-state index contributed by atoms with van der Waals surface area (Å²) in [5, 5.41) is 34.9. The minimum Gasteiger partial charge on any atom is -0.508 e. The van der Waals surface area contributed by atoms with Gasteiger partial charge in [-0.1, -0.05) is 12.1 Å². The van der Waals surface area contributed by atoms with Gasteiger partial charge in [0, 0.05) is 33.8 Å². The second-order valence-electron chi connectivity index (χ2n) is 10.9. The molecule has 0 unspecified atom stereocenters. The summed E-state index contributed by atoms with van der Waals surface area (Å²) in [6.07, 6.45) is -5.34. The van der Waals surface area contributed by atoms with E-state index in [0.29, 0.717) is 15.7 Å². The molecule has 2 heterocycles. The fourth-order valence-electron chi connectivity index (χ4n) is 4.86. The predicted octanol–water partition coefficient (Wildman–Crippen LogP) is 4.53. The van der Waals surface area contributed by atoms with Crippen molar-refractivity contribution in [2.24, 2.45) is 0 Å². The van der Waals surface area contributed by atoms with Crippen LogP contribution in [0.2, 0.25) is 0 Å². The number of carbonyl (C=O) groups excluding carboxylic acids is 2. The summed E-state index contributed by atoms with van der Waals surface area (Å²) in [6, 6.07) is 10.7. The lowest BCUT2D eigenvalue weighted by Gasteiger charge is -2.18. The Morgan fingerprint density at radius 1 is 0.960 bits per heavy atom. The minimum absolute atomic E-state index is 0.0838. The standard InChI is InChI=1S/C33H26F5N5O7/c1-15-6-7-18(39-30(48)17-10-24(46)16(2)25(11-17)50-31(49)33(36,37)38)12-21(15)27-20-8-9-26(47)43(28-22(34)4-3-5-23(28)35)29(20)42-32(41-27)40-19(13-44)14-45/h3-12,19,44-46H,13-14H2,1-2H3,(H,39,48)(H,40,41,42). The number of hydrogen-bond acceptors (Lipinski definition) is 10. The second-order valence-corrected chi connectivity index (χ2v) is 10.9. The van der Waals surface area contributed by atoms with E-state index in [1.165, 1.54) is 25.1 Å². The van der Waals surface area contributed by atoms with Gasteiger partial charge in [0.25, 0.3) is 11.5 Å². The third-order valence-corrected chi connectivity index (χ3v) is 7.46. The van der Waals surface area contributed by atoms with Crippen LogP contribution in [-0.4, -0.2) is 67.2 Å². The number of nitrogens with one attached hydrogen (secondary N) is 2. The summed E-state index contributed by atoms with van der Waals surface area (Å²) in [5.74, 6) is -7.20. The van der Waals surface area contributed by atoms with E-state index in [2.05, 4.69) is 25.3 Å². The third-order valence-electron chi connectivity index (χ3n) is 7.46. The Morgan fingerprint density at radius 3 is 2.28 bits per heavy atom. The Balaban J connectivity index is 1.63. The van der Waals surface area contributed by atoms with Crippen molar-refractivity contribution < 1.29 is 51.6 Å². The zero-order chi connectivity index (χ0) is 36.5. The number of halogens is 5. The van der Waals surface area contributed by atoms with Gasteiger partial charge in [-0.15, -0.1) is 0 Å². The molecule has 0 saturated carbocycles. The van der Waals surface area contributed by atoms with Crippen LogP contribution in [0.4, 0.5) is 33.6 Å². The number of fused-ring (bicyclic) bond motifs is 1. The van der Waals surface area contributed by atoms with Gasteiger partial charge in [-0.25, -0.2) is 18.6 Å². The molecule has 0 fully saturated rings. The quantitative estimate of drug-likeness (QED) is 0.0835. The molecule has 0 atom stereocenters. The lowest BCUT2D eigenvalue weighted by Crippen LogP contribution is -2.29. The van der Waals surface area contributed by atoms with Gasteiger partial charge < -0.3 is 30.7 Å². The highest BCUT2D eigenvalue weighted by molar-refractivity contribution is 6.05. The van der Waals surface area contributed by atoms with E-state index in [-0.39, 0.29) is 39.5 Å². The van der Waals surface area contributed by atoms with Gasteiger partial charge in [-0.05, 0) is 61.9 Å². The number of nitrogens with zero attached hydrogens (tertiary/aromatic N) is 3. The van der Waals surface area contributed by atoms with Crippen molar-refractivity contribution in [1.29, 1.82) is 0 Å². The van der Waals surface area contributed by atoms with Crippen molar-refractivity contribution in [1.82, 2.24) is 14.5 Å². The number of alkyl halides is 3. The molecule has 0 radical (unpaired) electrons. The highest BCUT2D eigenvalue weighted by atomic mass is 19.4. The molecule has 5 rings (SSSR count). The van der Waals surface area contributed by atoms with Crippen molar-refractivity contribution in [3.8, 4) is 28.4 Å². The van der Waals surface area contributed by atoms with Gasteiger partial charge in [0.2, 0.25) is 5.95 Å². The first-order valence-electron chi connectivity index (χ1n) is 14.5. The zero-order valence-electron chi connectivity index (χ0n) is 26.0. The molecule has 12 nitrogen and oxygen atoms in total. The number of phenols is 1. The summed E-state index contributed by atoms with van der Waals surface area (Å²) in [5.41, 5.74) is -1.40. The SMILES string of the molecule is Cc1ccc(NC(=O)c2cc(O)c(C)c(OC(=O)C(F)(F)F)c2)cc1-c1nc(NC(CO)CO)nc2c1ccc(=O)n2-c1c(F)cccc1F. The number of aliphatic hydroxyl groups excluding tert-OH is 2. The van der Waals surface area contributed by atoms with Crippen LogP contribution < -0.4 is 20.9 Å². The summed E-state index contributed by atoms with van der Waals surface area (Å²) >= 11 is 0. The average molecular weight is 700 g/mol. The Bertz CT molecular complexity index is 2180. The smallest absolute Gasteiger partial charge is 0.491 e. The van der Waals surface area contributed by atoms with Gasteiger partial charge in [-0.3, -0.25) is 14.2 Å². The van der Waals surface area contributed by atoms with Gasteiger partial charge >= 0.3 is 12.1 Å². The van der Waals surface area contributed by atoms with E-state index < -0.39 is 71.7 Å². The highest BCUT2D eigenvalue weighted by Crippen LogP contribution is 2.34. The molecular weight excluding hydrogens is 673 g/mol. The number of aryl methyl sites for hydroxylation is 1. The van der Waals surface area contributed by atoms with E-state index in [9.17, 15) is 51.7 Å². The number of anilines is 2. The monoisotopic (exact) mass is 699 g/mol. The number of carbonyl (C=O) groups is 2. The van der Waals surface area contributed by atoms with Crippen LogP contribution in [0.1, 0.15) is 21.5 Å². The molecule has 0 aliphatic heterocycles. The van der Waals surface area contributed by atoms with Crippen LogP contribution in [0, 0.1) is 25.5 Å². The number of aromatic nitrogens is 3. The van der Waals surface area contributed by atoms with Crippen molar-refractivity contribution in [2.75, 3.05) is 23.8 Å². The molecule has 260 valence electrons. The predicted molar refractivity (Wildman–Crippen MR) is 169 cm³/mol. The average Bonchev–Trinajstić information content (AvgIpc) is 3.06. The van der Waals surface area contributed by atoms with E-state index in [1.54, 1.807) is 13.0 Å². The van der Waals surface area contributed by atoms with Crippen LogP contribution in [0.5, 0.6) is 11.5 Å². The van der Waals surface area contributed by atoms with E-state index >= 15 is 0 Å². The number of aromatic hydroxyl groups is 1. The number of phenolic OH excluding ortho intramolecular Hbond substituents is 1. The molecule has 0 aliphatic carbocycles. The van der Waals surface area contributed by atoms with Gasteiger partial charge in [0.05, 0.1) is 24.9 Å². The van der Waals surface area contributed by atoms with Crippen LogP contribution in [-0.2, 0) is 4.79 Å². The number of ether oxygens (including phenoxy) is 1. The molecule has 1 amide bonds. The first-order chi connectivity index (χ1) is 23.6. The second kappa shape index (κ2) is 13.9. The number of benzene rings is 3. The van der Waals surface area contributed by atoms with Crippen LogP contribution in [0.15, 0.2) is 65.5 Å². The minimum atomic E-state index is -5.34. The lowest BCUT2D eigenvalue weighted by molar-refractivity contribution is -0.189. The molecule has 0 spiro atoms. The summed E-state index contributed by atoms with van der Waals surface area (Å²) in [7, 11) is 0. The fourth-order valence-corrected chi connectivity index (χ4v) is 4.86. The van der Waals surface area contributed by atoms with Gasteiger partial charge in [0.15, 0.2) is 5.65 Å². The fraction of sp³-hybridized carbons (Fsp3) is 0.182. The summed E-state index contributed by atoms with van der Waals surface area (Å²) in [6.45, 7) is 1.71. The molecule has 0 bridgehead atoms. The highest BCUT2D eigenvalue weighted by Gasteiger charge is 2.41. The number of hydrogen-bond donors (Lipinski definition) is 5. The number of para-hydroxylation sites is 1. The number of rotatable bonds is 9. The lowest BCUT2D eigenvalue weighted by atomic mass is 10.0. The van der Waals surface area contributed by atoms with Crippen molar-refractivity contribution >= 4 is 34.5 Å². The van der Waals surface area contributed by atoms with Gasteiger partial charge in [0.1, 0.15) is 28.8 Å². The van der Waals surface area contributed by atoms with Crippen LogP contribution in [0.3, 0.4) is 0 Å². The number of aliphatic hydroxyl groups is 2. The van der Waals surface area contributed by atoms with Crippen molar-refractivity contribution in [2.45, 2.75) is 26.1 Å². The first-order valence-corrected chi connectivity index (χ1v) is 14.5. The van der Waals surface area contributed by atoms with E-state index in [0.717, 1.165) is 36.4 Å². The Labute approximate surface area is 278 Å². The largest absolute Gasteiger partial charge is 0.508 e. The Hall–Kier alpha value is -5.94. The van der Waals surface area contributed by atoms with E-state index in [4.69, 9.17) is 0 Å². The number of esters is 1. The van der Waals surface area contributed by atoms with Gasteiger partial charge in [-0.2, -0.15) is 18.2 Å². The number of pyridine rings is 1. The maximum absolute atomic E-state index is 15.0. The molecule has 5 aromatic rings. The van der Waals surface area contributed by atoms with Crippen molar-refractivity contribution in [3.05, 3.63) is 99.3 Å². The topological polar surface area (TPSA) is 176 Å². The van der Waals surface area contributed by atoms with Crippen LogP contribution in [0.25, 0.3) is 28.0 Å². The molecule has 5 N–H and O–H groups in total. The summed E-state index contributed by atoms with van der Waals surface area (Å²) < 4.78 is 73.5. The summed E-state index contributed by atoms with van der Waals surface area (Å²) in [4.78, 5) is 46.5. The molecule has 50 heavy (non-hydrogen) atoms. The molecular formula is C33H26F5N5O7. The molecule has 0 aliphatic rings. The normalized spacial score (nSPS) is 11.6. The molecule has 3 aromatic carbocycles. The zero-order valence-corrected chi connectivity index (χ0v) is 26.0. The van der Waals surface area contributed by atoms with Crippen LogP contribution >= 0.6 is 0 Å². The number of amides is 1. The van der Waals surface area contributed by atoms with Crippen molar-refractivity contribution in [3.63, 3.8) is 0 Å². The third kappa shape index (κ3) is 7.08. The maximum Gasteiger partial charge on any atom is 0.491 e. The molecule has 17 heteroatoms. The first kappa shape index (κ1) is 35.4. The molecule has 0 saturated heterocycles. The Kier molecular flexibility index (Phi) is 9.82.